The summed E-state index contributed by atoms with van der Waals surface area (Å²) in [5, 5.41) is 3.64. The van der Waals surface area contributed by atoms with E-state index < -0.39 is 10.0 Å². The molecule has 1 aromatic heterocycles. The molecule has 184 valence electrons. The van der Waals surface area contributed by atoms with Crippen LogP contribution in [0.2, 0.25) is 5.02 Å². The molecule has 0 bridgehead atoms. The maximum absolute atomic E-state index is 14.7. The van der Waals surface area contributed by atoms with Gasteiger partial charge in [-0.15, -0.1) is 0 Å². The number of nitrogens with zero attached hydrogens (tertiary/aromatic N) is 3. The van der Waals surface area contributed by atoms with E-state index in [2.05, 4.69) is 15.0 Å². The molecule has 0 spiro atoms. The van der Waals surface area contributed by atoms with E-state index in [0.29, 0.717) is 44.9 Å². The molecular weight excluding hydrogens is 501 g/mol. The van der Waals surface area contributed by atoms with Crippen molar-refractivity contribution < 1.29 is 12.8 Å². The van der Waals surface area contributed by atoms with Crippen LogP contribution in [0.1, 0.15) is 24.1 Å². The zero-order valence-corrected chi connectivity index (χ0v) is 20.0. The lowest BCUT2D eigenvalue weighted by Gasteiger charge is -2.13. The molecule has 5 rings (SSSR count). The topological polar surface area (TPSA) is 96.3 Å². The van der Waals surface area contributed by atoms with E-state index in [-0.39, 0.29) is 19.8 Å². The number of fused-ring (bicyclic) bond motifs is 3. The number of aliphatic imine (C=N–C) groups is 1. The Hall–Kier alpha value is -3.82. The molecule has 0 atom stereocenters. The van der Waals surface area contributed by atoms with E-state index in [0.717, 1.165) is 17.4 Å². The third-order valence-corrected chi connectivity index (χ3v) is 6.18. The predicted octanol–water partition coefficient (Wildman–Crippen LogP) is 6.04. The van der Waals surface area contributed by atoms with Crippen LogP contribution >= 0.6 is 11.6 Å². The molecule has 0 fully saturated rings. The summed E-state index contributed by atoms with van der Waals surface area (Å²) in [5.41, 5.74) is 4.92. The molecule has 0 radical (unpaired) electrons. The number of nitrogens with one attached hydrogen (secondary N) is 2. The maximum atomic E-state index is 14.7. The number of hydrogen-bond acceptors (Lipinski definition) is 6. The van der Waals surface area contributed by atoms with Crippen molar-refractivity contribution in [3.8, 4) is 11.3 Å². The van der Waals surface area contributed by atoms with Crippen molar-refractivity contribution in [3.05, 3.63) is 100 Å². The third kappa shape index (κ3) is 5.37. The largest absolute Gasteiger partial charge is 0.324 e. The maximum Gasteiger partial charge on any atom is 0.229 e. The van der Waals surface area contributed by atoms with Gasteiger partial charge in [0, 0.05) is 44.8 Å². The molecule has 36 heavy (non-hydrogen) atoms. The van der Waals surface area contributed by atoms with E-state index in [4.69, 9.17) is 21.6 Å². The van der Waals surface area contributed by atoms with Crippen molar-refractivity contribution in [3.63, 3.8) is 0 Å². The first-order valence-electron chi connectivity index (χ1n) is 10.6. The predicted molar refractivity (Wildman–Crippen MR) is 143 cm³/mol. The molecule has 0 aliphatic carbocycles. The van der Waals surface area contributed by atoms with Gasteiger partial charge >= 0.3 is 0 Å². The number of rotatable bonds is 5. The van der Waals surface area contributed by atoms with E-state index in [1.807, 2.05) is 6.07 Å². The average Bonchev–Trinajstić information content (AvgIpc) is 2.96. The van der Waals surface area contributed by atoms with Crippen molar-refractivity contribution in [1.82, 2.24) is 9.97 Å². The Kier molecular flexibility index (Phi) is 7.05. The highest BCUT2D eigenvalue weighted by Gasteiger charge is 2.23. The van der Waals surface area contributed by atoms with Gasteiger partial charge in [-0.3, -0.25) is 9.71 Å². The minimum absolute atomic E-state index is 0. The van der Waals surface area contributed by atoms with Gasteiger partial charge < -0.3 is 5.32 Å². The Labute approximate surface area is 214 Å². The minimum Gasteiger partial charge on any atom is -0.324 e. The van der Waals surface area contributed by atoms with Crippen LogP contribution in [0.3, 0.4) is 0 Å². The standard InChI is InChI=1S/C25H19ClFN5O2S.CH4/c1-35(33,34)32-18-9-7-17(8-10-18)30-25-29-14-15-13-28-24(20-4-2-3-5-22(20)27)21-12-16(26)6-11-19(21)23(15)31-25;/h2-12,14,32H,13H2,1H3,(H,29,30,31);1H4. The second-order valence-electron chi connectivity index (χ2n) is 7.98. The summed E-state index contributed by atoms with van der Waals surface area (Å²) >= 11 is 6.30. The number of sulfonamides is 1. The molecule has 1 aliphatic heterocycles. The van der Waals surface area contributed by atoms with Gasteiger partial charge in [-0.1, -0.05) is 37.2 Å². The lowest BCUT2D eigenvalue weighted by atomic mass is 9.95. The van der Waals surface area contributed by atoms with Crippen LogP contribution in [0.25, 0.3) is 11.3 Å². The number of aromatic nitrogens is 2. The summed E-state index contributed by atoms with van der Waals surface area (Å²) in [6, 6.07) is 18.6. The fraction of sp³-hybridized carbons (Fsp3) is 0.115. The van der Waals surface area contributed by atoms with Gasteiger partial charge in [-0.2, -0.15) is 0 Å². The van der Waals surface area contributed by atoms with Crippen LogP contribution in [-0.2, 0) is 16.6 Å². The van der Waals surface area contributed by atoms with Gasteiger partial charge in [0.25, 0.3) is 0 Å². The van der Waals surface area contributed by atoms with Crippen molar-refractivity contribution >= 4 is 44.7 Å². The highest BCUT2D eigenvalue weighted by atomic mass is 35.5. The molecule has 4 aromatic rings. The molecule has 0 saturated carbocycles. The zero-order valence-electron chi connectivity index (χ0n) is 18.5. The average molecular weight is 524 g/mol. The zero-order chi connectivity index (χ0) is 24.6. The fourth-order valence-electron chi connectivity index (χ4n) is 3.83. The number of anilines is 3. The Balaban J connectivity index is 0.00000304. The summed E-state index contributed by atoms with van der Waals surface area (Å²) in [7, 11) is -3.36. The summed E-state index contributed by atoms with van der Waals surface area (Å²) in [6.07, 6.45) is 2.78. The van der Waals surface area contributed by atoms with E-state index in [9.17, 15) is 12.8 Å². The van der Waals surface area contributed by atoms with Crippen LogP contribution in [0.5, 0.6) is 0 Å². The van der Waals surface area contributed by atoms with Crippen LogP contribution in [0, 0.1) is 5.82 Å². The van der Waals surface area contributed by atoms with Crippen molar-refractivity contribution in [2.75, 3.05) is 16.3 Å². The Morgan fingerprint density at radius 3 is 2.39 bits per heavy atom. The third-order valence-electron chi connectivity index (χ3n) is 5.34. The number of halogens is 2. The highest BCUT2D eigenvalue weighted by Crippen LogP contribution is 2.34. The lowest BCUT2D eigenvalue weighted by molar-refractivity contribution is 0.607. The second kappa shape index (κ2) is 10.0. The van der Waals surface area contributed by atoms with Gasteiger partial charge in [0.1, 0.15) is 5.82 Å². The molecule has 3 aromatic carbocycles. The van der Waals surface area contributed by atoms with Gasteiger partial charge in [0.15, 0.2) is 0 Å². The van der Waals surface area contributed by atoms with Gasteiger partial charge in [0.2, 0.25) is 16.0 Å². The van der Waals surface area contributed by atoms with Gasteiger partial charge in [-0.25, -0.2) is 22.8 Å². The SMILES string of the molecule is C.CS(=O)(=O)Nc1ccc(Nc2ncc3c(n2)-c2ccc(Cl)cc2C(c2ccccc2F)=NC3)cc1. The molecular formula is C26H23ClFN5O2S. The van der Waals surface area contributed by atoms with Crippen LogP contribution in [-0.4, -0.2) is 30.4 Å². The van der Waals surface area contributed by atoms with Crippen molar-refractivity contribution in [2.45, 2.75) is 14.0 Å². The van der Waals surface area contributed by atoms with Crippen LogP contribution in [0.15, 0.2) is 77.9 Å². The second-order valence-corrected chi connectivity index (χ2v) is 10.2. The first-order valence-corrected chi connectivity index (χ1v) is 12.8. The van der Waals surface area contributed by atoms with E-state index in [1.165, 1.54) is 6.07 Å². The molecule has 0 unspecified atom stereocenters. The fourth-order valence-corrected chi connectivity index (χ4v) is 4.57. The Bertz CT molecular complexity index is 1570. The van der Waals surface area contributed by atoms with Gasteiger partial charge in [-0.05, 0) is 48.5 Å². The number of benzene rings is 3. The summed E-state index contributed by atoms with van der Waals surface area (Å²) in [6.45, 7) is 0.275. The molecule has 2 N–H and O–H groups in total. The normalized spacial score (nSPS) is 12.4. The Morgan fingerprint density at radius 2 is 1.67 bits per heavy atom. The van der Waals surface area contributed by atoms with Crippen molar-refractivity contribution in [2.24, 2.45) is 4.99 Å². The first kappa shape index (κ1) is 25.3. The summed E-state index contributed by atoms with van der Waals surface area (Å²) in [4.78, 5) is 13.8. The lowest BCUT2D eigenvalue weighted by Crippen LogP contribution is -2.09. The molecule has 2 heterocycles. The monoisotopic (exact) mass is 523 g/mol. The minimum atomic E-state index is -3.36. The summed E-state index contributed by atoms with van der Waals surface area (Å²) in [5.74, 6) is -0.0202. The molecule has 0 saturated heterocycles. The molecule has 0 amide bonds. The quantitative estimate of drug-likeness (QED) is 0.332. The van der Waals surface area contributed by atoms with Gasteiger partial charge in [0.05, 0.1) is 24.2 Å². The first-order chi connectivity index (χ1) is 16.8. The van der Waals surface area contributed by atoms with E-state index in [1.54, 1.807) is 60.8 Å². The Morgan fingerprint density at radius 1 is 0.944 bits per heavy atom. The molecule has 10 heteroatoms. The van der Waals surface area contributed by atoms with Crippen LogP contribution in [0.4, 0.5) is 21.7 Å². The van der Waals surface area contributed by atoms with Crippen molar-refractivity contribution in [1.29, 1.82) is 0 Å². The molecule has 7 nitrogen and oxygen atoms in total. The number of hydrogen-bond donors (Lipinski definition) is 2. The van der Waals surface area contributed by atoms with E-state index >= 15 is 0 Å². The molecule has 1 aliphatic rings. The van der Waals surface area contributed by atoms with Crippen LogP contribution < -0.4 is 10.0 Å². The highest BCUT2D eigenvalue weighted by molar-refractivity contribution is 7.92. The summed E-state index contributed by atoms with van der Waals surface area (Å²) < 4.78 is 39.9. The smallest absolute Gasteiger partial charge is 0.229 e.